The summed E-state index contributed by atoms with van der Waals surface area (Å²) in [5.74, 6) is 0. The highest BCUT2D eigenvalue weighted by Gasteiger charge is 2.21. The van der Waals surface area contributed by atoms with Crippen molar-refractivity contribution in [2.75, 3.05) is 6.26 Å². The zero-order valence-corrected chi connectivity index (χ0v) is 15.3. The average Bonchev–Trinajstić information content (AvgIpc) is 2.98. The number of thioether (sulfide) groups is 1. The Balaban J connectivity index is 1.86. The summed E-state index contributed by atoms with van der Waals surface area (Å²) in [5, 5.41) is 3.42. The van der Waals surface area contributed by atoms with E-state index in [1.807, 2.05) is 6.07 Å². The lowest BCUT2D eigenvalue weighted by Crippen LogP contribution is -1.85. The van der Waals surface area contributed by atoms with Crippen LogP contribution in [0.1, 0.15) is 0 Å². The number of halogens is 1. The predicted octanol–water partition coefficient (Wildman–Crippen LogP) is 7.53. The monoisotopic (exact) mass is 358 g/mol. The molecular weight excluding hydrogens is 344 g/mol. The average molecular weight is 359 g/mol. The maximum absolute atomic E-state index is 6.30. The zero-order valence-electron chi connectivity index (χ0n) is 13.7. The molecule has 1 aliphatic carbocycles. The molecule has 4 aromatic rings. The normalized spacial score (nSPS) is 11.8. The van der Waals surface area contributed by atoms with Gasteiger partial charge in [-0.3, -0.25) is 0 Å². The molecular formula is C23H15ClS. The lowest BCUT2D eigenvalue weighted by Gasteiger charge is -2.11. The van der Waals surface area contributed by atoms with Gasteiger partial charge in [-0.1, -0.05) is 54.1 Å². The lowest BCUT2D eigenvalue weighted by molar-refractivity contribution is 1.45. The summed E-state index contributed by atoms with van der Waals surface area (Å²) in [6, 6.07) is 26.0. The van der Waals surface area contributed by atoms with E-state index < -0.39 is 0 Å². The van der Waals surface area contributed by atoms with Gasteiger partial charge in [-0.05, 0) is 80.7 Å². The van der Waals surface area contributed by atoms with Crippen molar-refractivity contribution in [2.45, 2.75) is 4.90 Å². The first-order valence-electron chi connectivity index (χ1n) is 8.27. The summed E-state index contributed by atoms with van der Waals surface area (Å²) in [7, 11) is 0. The second-order valence-electron chi connectivity index (χ2n) is 6.32. The summed E-state index contributed by atoms with van der Waals surface area (Å²) in [6.45, 7) is 0. The minimum Gasteiger partial charge on any atom is -0.129 e. The molecule has 0 saturated carbocycles. The van der Waals surface area contributed by atoms with Gasteiger partial charge in [-0.25, -0.2) is 0 Å². The summed E-state index contributed by atoms with van der Waals surface area (Å²) in [5.41, 5.74) is 7.74. The molecule has 1 aliphatic rings. The van der Waals surface area contributed by atoms with E-state index in [2.05, 4.69) is 73.0 Å². The Kier molecular flexibility index (Phi) is 3.41. The number of hydrogen-bond acceptors (Lipinski definition) is 1. The van der Waals surface area contributed by atoms with Crippen LogP contribution < -0.4 is 0 Å². The van der Waals surface area contributed by atoms with Gasteiger partial charge in [0.05, 0.1) is 0 Å². The number of fused-ring (bicyclic) bond motifs is 3. The Morgan fingerprint density at radius 3 is 2.24 bits per heavy atom. The molecule has 0 saturated heterocycles. The van der Waals surface area contributed by atoms with Gasteiger partial charge in [0.2, 0.25) is 0 Å². The Bertz CT molecular complexity index is 1140. The molecule has 0 atom stereocenters. The maximum atomic E-state index is 6.30. The Morgan fingerprint density at radius 1 is 0.680 bits per heavy atom. The van der Waals surface area contributed by atoms with Gasteiger partial charge in [0.1, 0.15) is 0 Å². The van der Waals surface area contributed by atoms with E-state index in [0.717, 1.165) is 5.02 Å². The van der Waals surface area contributed by atoms with Crippen molar-refractivity contribution in [3.8, 4) is 33.4 Å². The van der Waals surface area contributed by atoms with Crippen molar-refractivity contribution in [2.24, 2.45) is 0 Å². The van der Waals surface area contributed by atoms with Crippen LogP contribution in [0.3, 0.4) is 0 Å². The number of hydrogen-bond donors (Lipinski definition) is 0. The maximum Gasteiger partial charge on any atom is 0.0412 e. The van der Waals surface area contributed by atoms with Crippen LogP contribution in [0.5, 0.6) is 0 Å². The standard InChI is InChI=1S/C23H15ClS/c1-25-22-10-9-16(24)13-20(22)15-11-14-5-4-8-19-17-6-2-3-7-18(17)21(12-15)23(14)19/h2-13H,1H3. The molecule has 0 heterocycles. The fraction of sp³-hybridized carbons (Fsp3) is 0.0435. The van der Waals surface area contributed by atoms with Gasteiger partial charge in [-0.15, -0.1) is 11.8 Å². The van der Waals surface area contributed by atoms with E-state index in [4.69, 9.17) is 11.6 Å². The van der Waals surface area contributed by atoms with Gasteiger partial charge in [0.15, 0.2) is 0 Å². The van der Waals surface area contributed by atoms with Gasteiger partial charge < -0.3 is 0 Å². The van der Waals surface area contributed by atoms with Gasteiger partial charge in [-0.2, -0.15) is 0 Å². The van der Waals surface area contributed by atoms with Crippen LogP contribution in [0, 0.1) is 0 Å². The zero-order chi connectivity index (χ0) is 17.0. The molecule has 120 valence electrons. The van der Waals surface area contributed by atoms with Crippen molar-refractivity contribution in [1.82, 2.24) is 0 Å². The van der Waals surface area contributed by atoms with Crippen LogP contribution in [0.4, 0.5) is 0 Å². The summed E-state index contributed by atoms with van der Waals surface area (Å²) in [4.78, 5) is 1.25. The Labute approximate surface area is 156 Å². The van der Waals surface area contributed by atoms with Gasteiger partial charge in [0.25, 0.3) is 0 Å². The molecule has 0 spiro atoms. The molecule has 2 heteroatoms. The first-order valence-corrected chi connectivity index (χ1v) is 9.87. The van der Waals surface area contributed by atoms with E-state index in [-0.39, 0.29) is 0 Å². The summed E-state index contributed by atoms with van der Waals surface area (Å²) < 4.78 is 0. The van der Waals surface area contributed by atoms with Crippen LogP contribution in [-0.4, -0.2) is 6.26 Å². The molecule has 0 unspecified atom stereocenters. The highest BCUT2D eigenvalue weighted by Crippen LogP contribution is 2.49. The molecule has 0 nitrogen and oxygen atoms in total. The Hall–Kier alpha value is -2.22. The van der Waals surface area contributed by atoms with Crippen LogP contribution in [0.2, 0.25) is 5.02 Å². The third kappa shape index (κ3) is 2.23. The third-order valence-electron chi connectivity index (χ3n) is 4.96. The van der Waals surface area contributed by atoms with Gasteiger partial charge in [0, 0.05) is 9.92 Å². The van der Waals surface area contributed by atoms with Crippen LogP contribution in [0.15, 0.2) is 77.7 Å². The van der Waals surface area contributed by atoms with Crippen molar-refractivity contribution < 1.29 is 0 Å². The van der Waals surface area contributed by atoms with E-state index in [1.165, 1.54) is 49.0 Å². The summed E-state index contributed by atoms with van der Waals surface area (Å²) in [6.07, 6.45) is 2.11. The highest BCUT2D eigenvalue weighted by molar-refractivity contribution is 7.98. The van der Waals surface area contributed by atoms with E-state index in [9.17, 15) is 0 Å². The minimum absolute atomic E-state index is 0.776. The number of benzene rings is 4. The summed E-state index contributed by atoms with van der Waals surface area (Å²) >= 11 is 8.06. The first-order chi connectivity index (χ1) is 12.3. The molecule has 0 radical (unpaired) electrons. The molecule has 0 fully saturated rings. The van der Waals surface area contributed by atoms with E-state index in [1.54, 1.807) is 11.8 Å². The topological polar surface area (TPSA) is 0 Å². The van der Waals surface area contributed by atoms with Crippen molar-refractivity contribution in [3.63, 3.8) is 0 Å². The van der Waals surface area contributed by atoms with E-state index in [0.29, 0.717) is 0 Å². The molecule has 0 amide bonds. The molecule has 5 rings (SSSR count). The second-order valence-corrected chi connectivity index (χ2v) is 7.60. The fourth-order valence-corrected chi connectivity index (χ4v) is 4.65. The number of rotatable bonds is 2. The lowest BCUT2D eigenvalue weighted by atomic mass is 9.96. The molecule has 0 bridgehead atoms. The van der Waals surface area contributed by atoms with Crippen molar-refractivity contribution in [3.05, 3.63) is 77.8 Å². The molecule has 0 N–H and O–H groups in total. The fourth-order valence-electron chi connectivity index (χ4n) is 3.88. The van der Waals surface area contributed by atoms with Crippen LogP contribution in [0.25, 0.3) is 44.2 Å². The largest absolute Gasteiger partial charge is 0.129 e. The van der Waals surface area contributed by atoms with Gasteiger partial charge >= 0.3 is 0 Å². The first kappa shape index (κ1) is 15.1. The third-order valence-corrected chi connectivity index (χ3v) is 5.99. The minimum atomic E-state index is 0.776. The van der Waals surface area contributed by atoms with Crippen LogP contribution in [-0.2, 0) is 0 Å². The molecule has 0 aliphatic heterocycles. The smallest absolute Gasteiger partial charge is 0.0412 e. The SMILES string of the molecule is CSc1ccc(Cl)cc1-c1cc2c3c(cccc3c1)-c1ccccc1-2. The van der Waals surface area contributed by atoms with E-state index >= 15 is 0 Å². The quantitative estimate of drug-likeness (QED) is 0.294. The second kappa shape index (κ2) is 5.66. The molecule has 4 aromatic carbocycles. The molecule has 0 aromatic heterocycles. The molecule has 25 heavy (non-hydrogen) atoms. The Morgan fingerprint density at radius 2 is 1.44 bits per heavy atom. The highest BCUT2D eigenvalue weighted by atomic mass is 35.5. The van der Waals surface area contributed by atoms with Crippen molar-refractivity contribution in [1.29, 1.82) is 0 Å². The van der Waals surface area contributed by atoms with Crippen molar-refractivity contribution >= 4 is 34.1 Å². The predicted molar refractivity (Wildman–Crippen MR) is 111 cm³/mol. The van der Waals surface area contributed by atoms with Crippen LogP contribution >= 0.6 is 23.4 Å².